The standard InChI is InChI=1S/C13H17ClN2O2/c1-2-15-12(17)7-8-16-13(18)11-5-3-10(9-14)4-6-11/h3-6H,2,7-9H2,1H3,(H,15,17)(H,16,18). The van der Waals surface area contributed by atoms with E-state index in [0.717, 1.165) is 5.56 Å². The lowest BCUT2D eigenvalue weighted by atomic mass is 10.1. The number of nitrogens with one attached hydrogen (secondary N) is 2. The predicted molar refractivity (Wildman–Crippen MR) is 71.6 cm³/mol. The first kappa shape index (κ1) is 14.5. The van der Waals surface area contributed by atoms with E-state index in [1.165, 1.54) is 0 Å². The summed E-state index contributed by atoms with van der Waals surface area (Å²) in [6, 6.07) is 7.07. The molecule has 0 unspecified atom stereocenters. The van der Waals surface area contributed by atoms with Gasteiger partial charge in [0.1, 0.15) is 0 Å². The number of hydrogen-bond acceptors (Lipinski definition) is 2. The largest absolute Gasteiger partial charge is 0.356 e. The van der Waals surface area contributed by atoms with Crippen molar-refractivity contribution in [3.8, 4) is 0 Å². The predicted octanol–water partition coefficient (Wildman–Crippen LogP) is 1.68. The molecule has 0 saturated heterocycles. The van der Waals surface area contributed by atoms with Crippen LogP contribution in [-0.2, 0) is 10.7 Å². The van der Waals surface area contributed by atoms with E-state index in [1.54, 1.807) is 12.1 Å². The van der Waals surface area contributed by atoms with Crippen molar-refractivity contribution in [2.45, 2.75) is 19.2 Å². The van der Waals surface area contributed by atoms with Crippen molar-refractivity contribution in [1.82, 2.24) is 10.6 Å². The van der Waals surface area contributed by atoms with Gasteiger partial charge in [0.05, 0.1) is 0 Å². The van der Waals surface area contributed by atoms with Crippen LogP contribution >= 0.6 is 11.6 Å². The fraction of sp³-hybridized carbons (Fsp3) is 0.385. The summed E-state index contributed by atoms with van der Waals surface area (Å²) in [7, 11) is 0. The Morgan fingerprint density at radius 3 is 2.39 bits per heavy atom. The molecule has 0 radical (unpaired) electrons. The summed E-state index contributed by atoms with van der Waals surface area (Å²) in [4.78, 5) is 22.9. The molecule has 4 nitrogen and oxygen atoms in total. The maximum atomic E-state index is 11.7. The molecule has 0 aromatic heterocycles. The van der Waals surface area contributed by atoms with E-state index in [9.17, 15) is 9.59 Å². The number of carbonyl (C=O) groups is 2. The highest BCUT2D eigenvalue weighted by atomic mass is 35.5. The van der Waals surface area contributed by atoms with Gasteiger partial charge in [-0.3, -0.25) is 9.59 Å². The van der Waals surface area contributed by atoms with Gasteiger partial charge in [-0.2, -0.15) is 0 Å². The van der Waals surface area contributed by atoms with E-state index < -0.39 is 0 Å². The second kappa shape index (κ2) is 7.71. The number of hydrogen-bond donors (Lipinski definition) is 2. The Morgan fingerprint density at radius 1 is 1.17 bits per heavy atom. The van der Waals surface area contributed by atoms with Gasteiger partial charge in [0.25, 0.3) is 5.91 Å². The first-order chi connectivity index (χ1) is 8.67. The third kappa shape index (κ3) is 4.75. The molecule has 1 aromatic rings. The molecule has 98 valence electrons. The molecule has 0 heterocycles. The average Bonchev–Trinajstić information content (AvgIpc) is 2.39. The molecule has 0 aliphatic heterocycles. The number of amides is 2. The Kier molecular flexibility index (Phi) is 6.22. The molecule has 0 saturated carbocycles. The normalized spacial score (nSPS) is 9.89. The SMILES string of the molecule is CCNC(=O)CCNC(=O)c1ccc(CCl)cc1. The summed E-state index contributed by atoms with van der Waals surface area (Å²) in [6.07, 6.45) is 0.291. The van der Waals surface area contributed by atoms with Crippen molar-refractivity contribution < 1.29 is 9.59 Å². The van der Waals surface area contributed by atoms with Gasteiger partial charge in [0, 0.05) is 31.0 Å². The van der Waals surface area contributed by atoms with Gasteiger partial charge in [0.2, 0.25) is 5.91 Å². The summed E-state index contributed by atoms with van der Waals surface area (Å²) in [6.45, 7) is 2.80. The molecule has 5 heteroatoms. The average molecular weight is 269 g/mol. The van der Waals surface area contributed by atoms with E-state index in [0.29, 0.717) is 31.0 Å². The minimum absolute atomic E-state index is 0.0599. The maximum Gasteiger partial charge on any atom is 0.251 e. The Bertz CT molecular complexity index is 404. The Morgan fingerprint density at radius 2 is 1.83 bits per heavy atom. The van der Waals surface area contributed by atoms with Crippen LogP contribution in [0.4, 0.5) is 0 Å². The van der Waals surface area contributed by atoms with Crippen molar-refractivity contribution in [3.63, 3.8) is 0 Å². The Hall–Kier alpha value is -1.55. The van der Waals surface area contributed by atoms with E-state index in [1.807, 2.05) is 19.1 Å². The number of rotatable bonds is 6. The molecule has 1 aromatic carbocycles. The second-order valence-electron chi connectivity index (χ2n) is 3.79. The number of halogens is 1. The molecule has 0 aliphatic rings. The van der Waals surface area contributed by atoms with Gasteiger partial charge in [-0.15, -0.1) is 11.6 Å². The van der Waals surface area contributed by atoms with E-state index in [2.05, 4.69) is 10.6 Å². The van der Waals surface area contributed by atoms with E-state index in [-0.39, 0.29) is 11.8 Å². The van der Waals surface area contributed by atoms with Gasteiger partial charge in [-0.05, 0) is 24.6 Å². The number of benzene rings is 1. The third-order valence-corrected chi connectivity index (χ3v) is 2.69. The molecule has 2 amide bonds. The molecule has 0 fully saturated rings. The van der Waals surface area contributed by atoms with Crippen LogP contribution < -0.4 is 10.6 Å². The summed E-state index contributed by atoms with van der Waals surface area (Å²) in [5.41, 5.74) is 1.54. The van der Waals surface area contributed by atoms with Gasteiger partial charge >= 0.3 is 0 Å². The molecule has 2 N–H and O–H groups in total. The summed E-state index contributed by atoms with van der Waals surface area (Å²) in [5.74, 6) is 0.190. The minimum Gasteiger partial charge on any atom is -0.356 e. The van der Waals surface area contributed by atoms with Crippen molar-refractivity contribution in [1.29, 1.82) is 0 Å². The quantitative estimate of drug-likeness (QED) is 0.772. The van der Waals surface area contributed by atoms with Gasteiger partial charge in [0.15, 0.2) is 0 Å². The molecule has 0 spiro atoms. The minimum atomic E-state index is -0.180. The van der Waals surface area contributed by atoms with Crippen LogP contribution in [0.25, 0.3) is 0 Å². The summed E-state index contributed by atoms with van der Waals surface area (Å²) in [5, 5.41) is 5.36. The van der Waals surface area contributed by atoms with Crippen LogP contribution in [0.5, 0.6) is 0 Å². The topological polar surface area (TPSA) is 58.2 Å². The van der Waals surface area contributed by atoms with Crippen molar-refractivity contribution in [2.24, 2.45) is 0 Å². The highest BCUT2D eigenvalue weighted by Gasteiger charge is 2.05. The molecular formula is C13H17ClN2O2. The Labute approximate surface area is 112 Å². The zero-order valence-electron chi connectivity index (χ0n) is 10.3. The number of alkyl halides is 1. The lowest BCUT2D eigenvalue weighted by Gasteiger charge is -2.05. The van der Waals surface area contributed by atoms with Crippen LogP contribution in [0.15, 0.2) is 24.3 Å². The highest BCUT2D eigenvalue weighted by molar-refractivity contribution is 6.17. The molecule has 0 bridgehead atoms. The van der Waals surface area contributed by atoms with E-state index in [4.69, 9.17) is 11.6 Å². The molecule has 0 aliphatic carbocycles. The van der Waals surface area contributed by atoms with Crippen molar-refractivity contribution >= 4 is 23.4 Å². The maximum absolute atomic E-state index is 11.7. The zero-order chi connectivity index (χ0) is 13.4. The van der Waals surface area contributed by atoms with Gasteiger partial charge in [-0.25, -0.2) is 0 Å². The fourth-order valence-corrected chi connectivity index (χ4v) is 1.60. The van der Waals surface area contributed by atoms with Crippen LogP contribution in [0.1, 0.15) is 29.3 Å². The summed E-state index contributed by atoms with van der Waals surface area (Å²) < 4.78 is 0. The zero-order valence-corrected chi connectivity index (χ0v) is 11.1. The van der Waals surface area contributed by atoms with Gasteiger partial charge in [-0.1, -0.05) is 12.1 Å². The first-order valence-corrected chi connectivity index (χ1v) is 6.40. The fourth-order valence-electron chi connectivity index (χ4n) is 1.42. The van der Waals surface area contributed by atoms with Crippen LogP contribution in [0, 0.1) is 0 Å². The molecule has 1 rings (SSSR count). The second-order valence-corrected chi connectivity index (χ2v) is 4.06. The van der Waals surface area contributed by atoms with Crippen LogP contribution in [0.3, 0.4) is 0 Å². The van der Waals surface area contributed by atoms with Crippen LogP contribution in [-0.4, -0.2) is 24.9 Å². The highest BCUT2D eigenvalue weighted by Crippen LogP contribution is 2.06. The van der Waals surface area contributed by atoms with Gasteiger partial charge < -0.3 is 10.6 Å². The van der Waals surface area contributed by atoms with Crippen molar-refractivity contribution in [3.05, 3.63) is 35.4 Å². The summed E-state index contributed by atoms with van der Waals surface area (Å²) >= 11 is 5.66. The number of carbonyl (C=O) groups excluding carboxylic acids is 2. The monoisotopic (exact) mass is 268 g/mol. The van der Waals surface area contributed by atoms with Crippen LogP contribution in [0.2, 0.25) is 0 Å². The lowest BCUT2D eigenvalue weighted by molar-refractivity contribution is -0.120. The smallest absolute Gasteiger partial charge is 0.251 e. The first-order valence-electron chi connectivity index (χ1n) is 5.87. The molecule has 0 atom stereocenters. The third-order valence-electron chi connectivity index (χ3n) is 2.38. The molecule has 18 heavy (non-hydrogen) atoms. The van der Waals surface area contributed by atoms with E-state index >= 15 is 0 Å². The van der Waals surface area contributed by atoms with Crippen molar-refractivity contribution in [2.75, 3.05) is 13.1 Å². The lowest BCUT2D eigenvalue weighted by Crippen LogP contribution is -2.30. The Balaban J connectivity index is 2.38. The molecular weight excluding hydrogens is 252 g/mol.